The van der Waals surface area contributed by atoms with Crippen LogP contribution >= 0.6 is 0 Å². The van der Waals surface area contributed by atoms with Gasteiger partial charge in [-0.2, -0.15) is 0 Å². The van der Waals surface area contributed by atoms with E-state index in [2.05, 4.69) is 46.1 Å². The summed E-state index contributed by atoms with van der Waals surface area (Å²) in [4.78, 5) is 14.9. The molecule has 1 saturated heterocycles. The molecule has 2 aromatic heterocycles. The van der Waals surface area contributed by atoms with Crippen LogP contribution in [0.5, 0.6) is 5.75 Å². The van der Waals surface area contributed by atoms with Crippen molar-refractivity contribution in [2.75, 3.05) is 20.2 Å². The van der Waals surface area contributed by atoms with Crippen LogP contribution in [0.15, 0.2) is 48.8 Å². The zero-order valence-corrected chi connectivity index (χ0v) is 16.7. The minimum atomic E-state index is 0.544. The molecule has 5 nitrogen and oxygen atoms in total. The Balaban J connectivity index is 1.40. The van der Waals surface area contributed by atoms with Gasteiger partial charge in [0.1, 0.15) is 11.6 Å². The molecule has 1 N–H and O–H groups in total. The molecule has 3 aromatic rings. The number of benzene rings is 1. The molecule has 0 unspecified atom stereocenters. The van der Waals surface area contributed by atoms with Crippen LogP contribution in [0, 0.1) is 6.92 Å². The van der Waals surface area contributed by atoms with Crippen LogP contribution in [-0.4, -0.2) is 40.1 Å². The number of aryl methyl sites for hydroxylation is 1. The highest BCUT2D eigenvalue weighted by atomic mass is 16.5. The van der Waals surface area contributed by atoms with E-state index in [1.807, 2.05) is 24.5 Å². The molecule has 1 fully saturated rings. The van der Waals surface area contributed by atoms with Gasteiger partial charge in [0.05, 0.1) is 13.7 Å². The van der Waals surface area contributed by atoms with Gasteiger partial charge in [-0.1, -0.05) is 12.1 Å². The number of methoxy groups -OCH3 is 1. The predicted molar refractivity (Wildman–Crippen MR) is 111 cm³/mol. The predicted octanol–water partition coefficient (Wildman–Crippen LogP) is 4.09. The van der Waals surface area contributed by atoms with E-state index in [1.165, 1.54) is 16.8 Å². The maximum absolute atomic E-state index is 5.26. The standard InChI is InChI=1S/C23H28N4O/c1-17-13-19(14-18-3-5-21(28-2)6-4-18)15-22(26-17)20-7-11-27(12-8-20)16-23-24-9-10-25-23/h3-6,9-10,13,15,20H,7-8,11-12,14,16H2,1-2H3,(H,24,25). The zero-order valence-electron chi connectivity index (χ0n) is 16.7. The Morgan fingerprint density at radius 3 is 2.57 bits per heavy atom. The van der Waals surface area contributed by atoms with Gasteiger partial charge in [0.25, 0.3) is 0 Å². The number of pyridine rings is 1. The summed E-state index contributed by atoms with van der Waals surface area (Å²) >= 11 is 0. The van der Waals surface area contributed by atoms with E-state index >= 15 is 0 Å². The number of nitrogens with zero attached hydrogens (tertiary/aromatic N) is 3. The molecule has 1 aliphatic rings. The number of rotatable bonds is 6. The first-order valence-corrected chi connectivity index (χ1v) is 10.0. The SMILES string of the molecule is COc1ccc(Cc2cc(C)nc(C3CCN(Cc4ncc[nH]4)CC3)c2)cc1. The van der Waals surface area contributed by atoms with E-state index < -0.39 is 0 Å². The van der Waals surface area contributed by atoms with Gasteiger partial charge in [0.15, 0.2) is 0 Å². The molecule has 28 heavy (non-hydrogen) atoms. The Bertz CT molecular complexity index is 881. The first kappa shape index (κ1) is 18.7. The quantitative estimate of drug-likeness (QED) is 0.704. The van der Waals surface area contributed by atoms with Gasteiger partial charge >= 0.3 is 0 Å². The van der Waals surface area contributed by atoms with Crippen molar-refractivity contribution < 1.29 is 4.74 Å². The number of aromatic nitrogens is 3. The second-order valence-corrected chi connectivity index (χ2v) is 7.65. The average molecular weight is 377 g/mol. The molecule has 146 valence electrons. The van der Waals surface area contributed by atoms with Crippen LogP contribution in [0.2, 0.25) is 0 Å². The normalized spacial score (nSPS) is 15.6. The molecule has 3 heterocycles. The molecule has 0 spiro atoms. The second kappa shape index (κ2) is 8.57. The Hall–Kier alpha value is -2.66. The molecule has 5 heteroatoms. The highest BCUT2D eigenvalue weighted by Gasteiger charge is 2.22. The van der Waals surface area contributed by atoms with Crippen LogP contribution in [0.25, 0.3) is 0 Å². The maximum atomic E-state index is 5.26. The number of ether oxygens (including phenoxy) is 1. The number of likely N-dealkylation sites (tertiary alicyclic amines) is 1. The topological polar surface area (TPSA) is 54.0 Å². The third-order valence-corrected chi connectivity index (χ3v) is 5.53. The van der Waals surface area contributed by atoms with Crippen LogP contribution < -0.4 is 4.74 Å². The van der Waals surface area contributed by atoms with Crippen molar-refractivity contribution in [3.8, 4) is 5.75 Å². The summed E-state index contributed by atoms with van der Waals surface area (Å²) in [5.41, 5.74) is 5.00. The monoisotopic (exact) mass is 376 g/mol. The first-order chi connectivity index (χ1) is 13.7. The van der Waals surface area contributed by atoms with Crippen LogP contribution in [0.1, 0.15) is 47.1 Å². The molecule has 1 aromatic carbocycles. The van der Waals surface area contributed by atoms with Gasteiger partial charge in [-0.05, 0) is 74.7 Å². The molecule has 0 saturated carbocycles. The number of imidazole rings is 1. The third kappa shape index (κ3) is 4.60. The van der Waals surface area contributed by atoms with Crippen molar-refractivity contribution in [1.82, 2.24) is 19.9 Å². The van der Waals surface area contributed by atoms with E-state index in [-0.39, 0.29) is 0 Å². The fourth-order valence-electron chi connectivity index (χ4n) is 4.04. The summed E-state index contributed by atoms with van der Waals surface area (Å²) in [5, 5.41) is 0. The van der Waals surface area contributed by atoms with E-state index in [9.17, 15) is 0 Å². The molecular formula is C23H28N4O. The maximum Gasteiger partial charge on any atom is 0.120 e. The summed E-state index contributed by atoms with van der Waals surface area (Å²) in [6.45, 7) is 5.19. The van der Waals surface area contributed by atoms with Gasteiger partial charge in [-0.15, -0.1) is 0 Å². The van der Waals surface area contributed by atoms with Gasteiger partial charge in [0, 0.05) is 29.7 Å². The Morgan fingerprint density at radius 2 is 1.89 bits per heavy atom. The third-order valence-electron chi connectivity index (χ3n) is 5.53. The van der Waals surface area contributed by atoms with E-state index in [1.54, 1.807) is 7.11 Å². The van der Waals surface area contributed by atoms with Gasteiger partial charge in [-0.25, -0.2) is 4.98 Å². The molecule has 0 aliphatic carbocycles. The highest BCUT2D eigenvalue weighted by Crippen LogP contribution is 2.28. The molecule has 0 atom stereocenters. The van der Waals surface area contributed by atoms with Crippen molar-refractivity contribution in [3.63, 3.8) is 0 Å². The van der Waals surface area contributed by atoms with Gasteiger partial charge < -0.3 is 9.72 Å². The van der Waals surface area contributed by atoms with E-state index in [4.69, 9.17) is 9.72 Å². The van der Waals surface area contributed by atoms with Crippen molar-refractivity contribution in [2.24, 2.45) is 0 Å². The number of hydrogen-bond acceptors (Lipinski definition) is 4. The summed E-state index contributed by atoms with van der Waals surface area (Å²) in [6, 6.07) is 12.9. The van der Waals surface area contributed by atoms with Crippen LogP contribution in [0.4, 0.5) is 0 Å². The van der Waals surface area contributed by atoms with Gasteiger partial charge in [-0.3, -0.25) is 9.88 Å². The fourth-order valence-corrected chi connectivity index (χ4v) is 4.04. The van der Waals surface area contributed by atoms with E-state index in [0.717, 1.165) is 56.2 Å². The van der Waals surface area contributed by atoms with Crippen molar-refractivity contribution in [3.05, 3.63) is 77.1 Å². The number of H-pyrrole nitrogens is 1. The highest BCUT2D eigenvalue weighted by molar-refractivity contribution is 5.33. The summed E-state index contributed by atoms with van der Waals surface area (Å²) in [6.07, 6.45) is 6.95. The fraction of sp³-hybridized carbons (Fsp3) is 0.391. The summed E-state index contributed by atoms with van der Waals surface area (Å²) < 4.78 is 5.26. The van der Waals surface area contributed by atoms with Crippen molar-refractivity contribution >= 4 is 0 Å². The number of piperidine rings is 1. The second-order valence-electron chi connectivity index (χ2n) is 7.65. The molecule has 0 radical (unpaired) electrons. The minimum absolute atomic E-state index is 0.544. The molecule has 1 aliphatic heterocycles. The smallest absolute Gasteiger partial charge is 0.120 e. The average Bonchev–Trinajstić information content (AvgIpc) is 3.22. The lowest BCUT2D eigenvalue weighted by atomic mass is 9.91. The molecule has 4 rings (SSSR count). The lowest BCUT2D eigenvalue weighted by molar-refractivity contribution is 0.199. The zero-order chi connectivity index (χ0) is 19.3. The molecular weight excluding hydrogens is 348 g/mol. The summed E-state index contributed by atoms with van der Waals surface area (Å²) in [5.74, 6) is 2.49. The number of nitrogens with one attached hydrogen (secondary N) is 1. The largest absolute Gasteiger partial charge is 0.497 e. The minimum Gasteiger partial charge on any atom is -0.497 e. The first-order valence-electron chi connectivity index (χ1n) is 10.0. The number of hydrogen-bond donors (Lipinski definition) is 1. The Kier molecular flexibility index (Phi) is 5.72. The Morgan fingerprint density at radius 1 is 1.11 bits per heavy atom. The van der Waals surface area contributed by atoms with Crippen LogP contribution in [0.3, 0.4) is 0 Å². The molecule has 0 bridgehead atoms. The number of aromatic amines is 1. The molecule has 0 amide bonds. The van der Waals surface area contributed by atoms with Crippen molar-refractivity contribution in [2.45, 2.75) is 38.6 Å². The Labute approximate surface area is 166 Å². The summed E-state index contributed by atoms with van der Waals surface area (Å²) in [7, 11) is 1.70. The van der Waals surface area contributed by atoms with Gasteiger partial charge in [0.2, 0.25) is 0 Å². The lowest BCUT2D eigenvalue weighted by Crippen LogP contribution is -2.33. The van der Waals surface area contributed by atoms with E-state index in [0.29, 0.717) is 5.92 Å². The van der Waals surface area contributed by atoms with Crippen molar-refractivity contribution in [1.29, 1.82) is 0 Å². The lowest BCUT2D eigenvalue weighted by Gasteiger charge is -2.31. The van der Waals surface area contributed by atoms with Crippen LogP contribution in [-0.2, 0) is 13.0 Å².